The third-order valence-electron chi connectivity index (χ3n) is 3.73. The van der Waals surface area contributed by atoms with Gasteiger partial charge in [-0.2, -0.15) is 0 Å². The molecule has 0 aliphatic heterocycles. The zero-order valence-electron chi connectivity index (χ0n) is 13.1. The fraction of sp³-hybridized carbons (Fsp3) is 0.176. The Hall–Kier alpha value is -2.60. The molecule has 0 aliphatic carbocycles. The number of hydrogen-bond donors (Lipinski definition) is 1. The van der Waals surface area contributed by atoms with Crippen LogP contribution in [-0.4, -0.2) is 22.4 Å². The van der Waals surface area contributed by atoms with E-state index in [0.717, 1.165) is 0 Å². The molecule has 0 aliphatic rings. The van der Waals surface area contributed by atoms with Gasteiger partial charge in [-0.1, -0.05) is 23.7 Å². The summed E-state index contributed by atoms with van der Waals surface area (Å²) in [6, 6.07) is 9.48. The van der Waals surface area contributed by atoms with E-state index in [0.29, 0.717) is 11.2 Å². The molecule has 24 heavy (non-hydrogen) atoms. The minimum absolute atomic E-state index is 0.117. The number of methoxy groups -OCH3 is 1. The normalized spacial score (nSPS) is 12.2. The molecule has 3 aromatic rings. The van der Waals surface area contributed by atoms with Gasteiger partial charge in [0.2, 0.25) is 0 Å². The molecule has 0 radical (unpaired) electrons. The first-order chi connectivity index (χ1) is 11.5. The summed E-state index contributed by atoms with van der Waals surface area (Å²) in [5, 5.41) is 2.92. The Labute approximate surface area is 143 Å². The van der Waals surface area contributed by atoms with Gasteiger partial charge in [0.15, 0.2) is 22.4 Å². The lowest BCUT2D eigenvalue weighted by Crippen LogP contribution is -2.28. The molecule has 1 N–H and O–H groups in total. The van der Waals surface area contributed by atoms with Gasteiger partial charge in [0.1, 0.15) is 5.65 Å². The number of benzene rings is 1. The molecule has 1 atom stereocenters. The van der Waals surface area contributed by atoms with E-state index in [2.05, 4.69) is 10.3 Å². The second-order valence-electron chi connectivity index (χ2n) is 5.27. The predicted molar refractivity (Wildman–Crippen MR) is 89.0 cm³/mol. The van der Waals surface area contributed by atoms with Gasteiger partial charge in [0.05, 0.1) is 13.2 Å². The third-order valence-corrected chi connectivity index (χ3v) is 3.99. The van der Waals surface area contributed by atoms with Crippen molar-refractivity contribution < 1.29 is 13.9 Å². The van der Waals surface area contributed by atoms with Gasteiger partial charge < -0.3 is 10.1 Å². The summed E-state index contributed by atoms with van der Waals surface area (Å²) in [6.07, 6.45) is 1.71. The zero-order valence-corrected chi connectivity index (χ0v) is 13.8. The lowest BCUT2D eigenvalue weighted by Gasteiger charge is -2.15. The highest BCUT2D eigenvalue weighted by molar-refractivity contribution is 6.32. The van der Waals surface area contributed by atoms with Crippen LogP contribution < -0.4 is 10.1 Å². The number of amides is 1. The summed E-state index contributed by atoms with van der Waals surface area (Å²) in [5.41, 5.74) is 1.44. The Kier molecular flexibility index (Phi) is 4.40. The molecular weight excluding hydrogens is 333 g/mol. The number of aromatic nitrogens is 2. The number of nitrogens with zero attached hydrogens (tertiary/aromatic N) is 2. The van der Waals surface area contributed by atoms with E-state index >= 15 is 0 Å². The maximum Gasteiger partial charge on any atom is 0.272 e. The van der Waals surface area contributed by atoms with Crippen LogP contribution in [-0.2, 0) is 0 Å². The van der Waals surface area contributed by atoms with Crippen LogP contribution in [0.4, 0.5) is 4.39 Å². The molecule has 0 saturated carbocycles. The van der Waals surface area contributed by atoms with E-state index in [9.17, 15) is 9.18 Å². The van der Waals surface area contributed by atoms with Gasteiger partial charge in [-0.15, -0.1) is 0 Å². The Balaban J connectivity index is 1.86. The molecular formula is C17H15ClFN3O2. The summed E-state index contributed by atoms with van der Waals surface area (Å²) in [7, 11) is 1.40. The average Bonchev–Trinajstić information content (AvgIpc) is 2.90. The number of carbonyl (C=O) groups is 1. The lowest BCUT2D eigenvalue weighted by atomic mass is 10.1. The minimum Gasteiger partial charge on any atom is -0.494 e. The van der Waals surface area contributed by atoms with Crippen LogP contribution in [0.25, 0.3) is 5.65 Å². The topological polar surface area (TPSA) is 55.6 Å². The van der Waals surface area contributed by atoms with Crippen LogP contribution in [0.1, 0.15) is 29.0 Å². The molecule has 7 heteroatoms. The van der Waals surface area contributed by atoms with Crippen LogP contribution in [0.5, 0.6) is 5.75 Å². The van der Waals surface area contributed by atoms with Crippen molar-refractivity contribution in [2.45, 2.75) is 13.0 Å². The molecule has 124 valence electrons. The van der Waals surface area contributed by atoms with Crippen molar-refractivity contribution in [3.63, 3.8) is 0 Å². The number of imidazole rings is 1. The minimum atomic E-state index is -0.482. The van der Waals surface area contributed by atoms with Crippen LogP contribution in [0.2, 0.25) is 5.15 Å². The quantitative estimate of drug-likeness (QED) is 0.784. The summed E-state index contributed by atoms with van der Waals surface area (Å²) in [6.45, 7) is 1.76. The van der Waals surface area contributed by atoms with Gasteiger partial charge in [-0.05, 0) is 36.8 Å². The van der Waals surface area contributed by atoms with E-state index in [1.165, 1.54) is 19.2 Å². The largest absolute Gasteiger partial charge is 0.494 e. The Morgan fingerprint density at radius 1 is 1.38 bits per heavy atom. The second kappa shape index (κ2) is 6.49. The Morgan fingerprint density at radius 3 is 2.88 bits per heavy atom. The number of halogens is 2. The SMILES string of the molecule is COc1ccc([C@@H](C)NC(=O)c2c(Cl)nc3ccccn23)cc1F. The second-order valence-corrected chi connectivity index (χ2v) is 5.63. The fourth-order valence-electron chi connectivity index (χ4n) is 2.47. The molecule has 2 heterocycles. The van der Waals surface area contributed by atoms with E-state index in [4.69, 9.17) is 16.3 Å². The smallest absolute Gasteiger partial charge is 0.272 e. The molecule has 1 aromatic carbocycles. The van der Waals surface area contributed by atoms with Gasteiger partial charge >= 0.3 is 0 Å². The first kappa shape index (κ1) is 16.3. The highest BCUT2D eigenvalue weighted by atomic mass is 35.5. The maximum atomic E-state index is 13.8. The fourth-order valence-corrected chi connectivity index (χ4v) is 2.73. The molecule has 0 saturated heterocycles. The maximum absolute atomic E-state index is 13.8. The molecule has 1 amide bonds. The van der Waals surface area contributed by atoms with Crippen molar-refractivity contribution in [3.05, 3.63) is 64.8 Å². The van der Waals surface area contributed by atoms with Crippen molar-refractivity contribution in [2.75, 3.05) is 7.11 Å². The van der Waals surface area contributed by atoms with Crippen molar-refractivity contribution in [2.24, 2.45) is 0 Å². The first-order valence-corrected chi connectivity index (χ1v) is 7.66. The van der Waals surface area contributed by atoms with Crippen LogP contribution >= 0.6 is 11.6 Å². The van der Waals surface area contributed by atoms with Crippen LogP contribution in [0.15, 0.2) is 42.6 Å². The lowest BCUT2D eigenvalue weighted by molar-refractivity contribution is 0.0934. The Morgan fingerprint density at radius 2 is 2.17 bits per heavy atom. The number of carbonyl (C=O) groups excluding carboxylic acids is 1. The van der Waals surface area contributed by atoms with E-state index in [1.54, 1.807) is 35.7 Å². The number of nitrogens with one attached hydrogen (secondary N) is 1. The number of fused-ring (bicyclic) bond motifs is 1. The van der Waals surface area contributed by atoms with Gasteiger partial charge in [0.25, 0.3) is 5.91 Å². The van der Waals surface area contributed by atoms with Crippen molar-refractivity contribution in [3.8, 4) is 5.75 Å². The predicted octanol–water partition coefficient (Wildman–Crippen LogP) is 3.63. The van der Waals surface area contributed by atoms with Crippen molar-refractivity contribution in [1.29, 1.82) is 0 Å². The van der Waals surface area contributed by atoms with E-state index < -0.39 is 11.9 Å². The third kappa shape index (κ3) is 2.92. The number of rotatable bonds is 4. The van der Waals surface area contributed by atoms with E-state index in [-0.39, 0.29) is 22.5 Å². The molecule has 0 unspecified atom stereocenters. The summed E-state index contributed by atoms with van der Waals surface area (Å²) in [5.74, 6) is -0.714. The number of pyridine rings is 1. The molecule has 0 bridgehead atoms. The van der Waals surface area contributed by atoms with E-state index in [1.807, 2.05) is 6.07 Å². The first-order valence-electron chi connectivity index (χ1n) is 7.28. The summed E-state index contributed by atoms with van der Waals surface area (Å²) in [4.78, 5) is 16.7. The molecule has 3 rings (SSSR count). The summed E-state index contributed by atoms with van der Waals surface area (Å²) >= 11 is 6.09. The Bertz CT molecular complexity index is 910. The van der Waals surface area contributed by atoms with Gasteiger partial charge in [-0.25, -0.2) is 9.37 Å². The summed E-state index contributed by atoms with van der Waals surface area (Å²) < 4.78 is 20.3. The number of ether oxygens (including phenoxy) is 1. The monoisotopic (exact) mass is 347 g/mol. The highest BCUT2D eigenvalue weighted by Crippen LogP contribution is 2.23. The highest BCUT2D eigenvalue weighted by Gasteiger charge is 2.20. The molecule has 2 aromatic heterocycles. The van der Waals surface area contributed by atoms with Crippen LogP contribution in [0, 0.1) is 5.82 Å². The molecule has 0 spiro atoms. The molecule has 5 nitrogen and oxygen atoms in total. The van der Waals surface area contributed by atoms with Crippen molar-refractivity contribution >= 4 is 23.2 Å². The van der Waals surface area contributed by atoms with Gasteiger partial charge in [-0.3, -0.25) is 9.20 Å². The van der Waals surface area contributed by atoms with Gasteiger partial charge in [0, 0.05) is 6.20 Å². The number of hydrogen-bond acceptors (Lipinski definition) is 3. The van der Waals surface area contributed by atoms with Crippen molar-refractivity contribution in [1.82, 2.24) is 14.7 Å². The average molecular weight is 348 g/mol. The van der Waals surface area contributed by atoms with Crippen LogP contribution in [0.3, 0.4) is 0 Å². The zero-order chi connectivity index (χ0) is 17.3. The standard InChI is InChI=1S/C17H15ClFN3O2/c1-10(11-6-7-13(24-2)12(19)9-11)20-17(23)15-16(18)21-14-5-3-4-8-22(14)15/h3-10H,1-2H3,(H,20,23)/t10-/m1/s1. The molecule has 0 fully saturated rings.